The number of urea groups is 1. The second-order valence-electron chi connectivity index (χ2n) is 13.0. The van der Waals surface area contributed by atoms with Gasteiger partial charge in [-0.2, -0.15) is 5.32 Å². The van der Waals surface area contributed by atoms with E-state index in [4.69, 9.17) is 9.97 Å². The van der Waals surface area contributed by atoms with Gasteiger partial charge in [0.15, 0.2) is 0 Å². The van der Waals surface area contributed by atoms with Crippen LogP contribution in [-0.4, -0.2) is 89.0 Å². The van der Waals surface area contributed by atoms with Crippen molar-refractivity contribution in [2.24, 2.45) is 0 Å². The first kappa shape index (κ1) is 30.2. The van der Waals surface area contributed by atoms with Crippen molar-refractivity contribution in [1.82, 2.24) is 30.0 Å². The fourth-order valence-corrected chi connectivity index (χ4v) is 7.12. The average Bonchev–Trinajstić information content (AvgIpc) is 3.47. The molecule has 2 saturated heterocycles. The molecule has 9 nitrogen and oxygen atoms in total. The van der Waals surface area contributed by atoms with Gasteiger partial charge in [0.25, 0.3) is 5.91 Å². The summed E-state index contributed by atoms with van der Waals surface area (Å²) in [4.78, 5) is 44.8. The largest absolute Gasteiger partial charge is 0.348 e. The molecule has 241 valence electrons. The first-order chi connectivity index (χ1) is 23.5. The molecule has 2 fully saturated rings. The zero-order valence-electron chi connectivity index (χ0n) is 27.1. The zero-order chi connectivity index (χ0) is 32.6. The minimum atomic E-state index is -0.142. The highest BCUT2D eigenvalue weighted by Gasteiger charge is 2.36. The Hall–Kier alpha value is -5.12. The maximum absolute atomic E-state index is 13.3. The number of anilines is 1. The smallest absolute Gasteiger partial charge is 0.336 e. The predicted octanol–water partition coefficient (Wildman–Crippen LogP) is 6.19. The number of piperazine rings is 1. The van der Waals surface area contributed by atoms with Crippen molar-refractivity contribution in [2.75, 3.05) is 51.2 Å². The number of fused-ring (bicyclic) bond motifs is 2. The van der Waals surface area contributed by atoms with E-state index in [-0.39, 0.29) is 18.0 Å². The molecule has 1 aromatic heterocycles. The van der Waals surface area contributed by atoms with Gasteiger partial charge in [0, 0.05) is 68.5 Å². The third-order valence-corrected chi connectivity index (χ3v) is 9.87. The molecule has 8 rings (SSSR count). The van der Waals surface area contributed by atoms with Crippen LogP contribution in [0, 0.1) is 0 Å². The quantitative estimate of drug-likeness (QED) is 0.221. The summed E-state index contributed by atoms with van der Waals surface area (Å²) in [5.41, 5.74) is 8.66. The molecule has 0 saturated carbocycles. The van der Waals surface area contributed by atoms with E-state index in [1.54, 1.807) is 0 Å². The molecule has 3 aliphatic heterocycles. The number of hydrogen-bond donors (Lipinski definition) is 0. The van der Waals surface area contributed by atoms with Gasteiger partial charge in [-0.1, -0.05) is 66.7 Å². The van der Waals surface area contributed by atoms with Crippen LogP contribution in [0.4, 0.5) is 16.2 Å². The number of para-hydroxylation sites is 2. The summed E-state index contributed by atoms with van der Waals surface area (Å²) >= 11 is 0. The molecule has 0 unspecified atom stereocenters. The number of hydrogen-bond acceptors (Lipinski definition) is 6. The van der Waals surface area contributed by atoms with Gasteiger partial charge in [0.2, 0.25) is 0 Å². The fraction of sp³-hybridized carbons (Fsp3) is 0.282. The van der Waals surface area contributed by atoms with Gasteiger partial charge in [0.1, 0.15) is 0 Å². The maximum atomic E-state index is 13.3. The average molecular weight is 637 g/mol. The molecule has 0 bridgehead atoms. The minimum Gasteiger partial charge on any atom is -0.336 e. The SMILES string of the molecule is CN1CCN(C(=O)c2ccc3nc(-c4ccc(CN5CCC(N6C(=O)[N]c7ccccc76)CC5)cc4)c(-c4ccccc4)nc3c2)CC1. The molecule has 0 atom stereocenters. The Balaban J connectivity index is 1.00. The molecule has 3 aliphatic rings. The monoisotopic (exact) mass is 636 g/mol. The summed E-state index contributed by atoms with van der Waals surface area (Å²) in [6.07, 6.45) is 1.84. The first-order valence-corrected chi connectivity index (χ1v) is 16.8. The van der Waals surface area contributed by atoms with Crippen molar-refractivity contribution in [1.29, 1.82) is 0 Å². The lowest BCUT2D eigenvalue weighted by Crippen LogP contribution is -2.47. The number of rotatable bonds is 6. The van der Waals surface area contributed by atoms with Crippen LogP contribution in [0.5, 0.6) is 0 Å². The highest BCUT2D eigenvalue weighted by atomic mass is 16.2. The normalized spacial score (nSPS) is 17.5. The number of amides is 3. The molecular formula is C39H38N7O2. The van der Waals surface area contributed by atoms with Crippen LogP contribution >= 0.6 is 0 Å². The third-order valence-electron chi connectivity index (χ3n) is 9.87. The first-order valence-electron chi connectivity index (χ1n) is 16.8. The van der Waals surface area contributed by atoms with Crippen LogP contribution in [0.1, 0.15) is 28.8 Å². The fourth-order valence-electron chi connectivity index (χ4n) is 7.12. The lowest BCUT2D eigenvalue weighted by molar-refractivity contribution is 0.0664. The van der Waals surface area contributed by atoms with Crippen LogP contribution in [-0.2, 0) is 6.54 Å². The van der Waals surface area contributed by atoms with E-state index in [1.807, 2.05) is 70.5 Å². The van der Waals surface area contributed by atoms with Gasteiger partial charge in [-0.3, -0.25) is 14.6 Å². The second-order valence-corrected chi connectivity index (χ2v) is 13.0. The molecule has 0 spiro atoms. The molecule has 0 N–H and O–H groups in total. The third kappa shape index (κ3) is 5.91. The number of benzene rings is 4. The van der Waals surface area contributed by atoms with E-state index in [1.165, 1.54) is 5.56 Å². The van der Waals surface area contributed by atoms with Crippen LogP contribution in [0.15, 0.2) is 97.1 Å². The lowest BCUT2D eigenvalue weighted by atomic mass is 10.0. The van der Waals surface area contributed by atoms with Crippen LogP contribution in [0.3, 0.4) is 0 Å². The van der Waals surface area contributed by atoms with Gasteiger partial charge in [-0.15, -0.1) is 0 Å². The summed E-state index contributed by atoms with van der Waals surface area (Å²) in [6.45, 7) is 5.91. The summed E-state index contributed by atoms with van der Waals surface area (Å²) in [7, 11) is 2.09. The molecule has 5 aromatic rings. The Kier molecular flexibility index (Phi) is 8.08. The van der Waals surface area contributed by atoms with Gasteiger partial charge < -0.3 is 9.80 Å². The van der Waals surface area contributed by atoms with Crippen LogP contribution in [0.2, 0.25) is 0 Å². The topological polar surface area (TPSA) is 87.0 Å². The van der Waals surface area contributed by atoms with Crippen molar-refractivity contribution >= 4 is 34.3 Å². The van der Waals surface area contributed by atoms with Crippen molar-refractivity contribution in [3.8, 4) is 22.5 Å². The Morgan fingerprint density at radius 1 is 0.729 bits per heavy atom. The van der Waals surface area contributed by atoms with Crippen molar-refractivity contribution in [3.05, 3.63) is 108 Å². The van der Waals surface area contributed by atoms with Crippen LogP contribution in [0.25, 0.3) is 33.5 Å². The lowest BCUT2D eigenvalue weighted by Gasteiger charge is -2.36. The summed E-state index contributed by atoms with van der Waals surface area (Å²) in [5, 5.41) is 4.25. The molecule has 1 radical (unpaired) electrons. The van der Waals surface area contributed by atoms with Crippen molar-refractivity contribution < 1.29 is 9.59 Å². The molecule has 48 heavy (non-hydrogen) atoms. The van der Waals surface area contributed by atoms with Gasteiger partial charge in [-0.05, 0) is 55.8 Å². The molecule has 4 aromatic carbocycles. The van der Waals surface area contributed by atoms with E-state index in [0.717, 1.165) is 98.1 Å². The zero-order valence-corrected chi connectivity index (χ0v) is 27.1. The van der Waals surface area contributed by atoms with E-state index in [0.29, 0.717) is 11.1 Å². The Morgan fingerprint density at radius 3 is 2.15 bits per heavy atom. The minimum absolute atomic E-state index is 0.0438. The number of carbonyl (C=O) groups excluding carboxylic acids is 2. The molecular weight excluding hydrogens is 598 g/mol. The number of nitrogens with zero attached hydrogens (tertiary/aromatic N) is 7. The van der Waals surface area contributed by atoms with E-state index in [2.05, 4.69) is 58.6 Å². The molecule has 9 heteroatoms. The second kappa shape index (κ2) is 12.8. The summed E-state index contributed by atoms with van der Waals surface area (Å²) < 4.78 is 0. The Morgan fingerprint density at radius 2 is 1.40 bits per heavy atom. The number of aromatic nitrogens is 2. The maximum Gasteiger partial charge on any atom is 0.348 e. The number of carbonyl (C=O) groups is 2. The number of likely N-dealkylation sites (tertiary alicyclic amines) is 1. The van der Waals surface area contributed by atoms with E-state index >= 15 is 0 Å². The van der Waals surface area contributed by atoms with Crippen molar-refractivity contribution in [3.63, 3.8) is 0 Å². The van der Waals surface area contributed by atoms with E-state index in [9.17, 15) is 9.59 Å². The van der Waals surface area contributed by atoms with Gasteiger partial charge >= 0.3 is 6.03 Å². The predicted molar refractivity (Wildman–Crippen MR) is 188 cm³/mol. The van der Waals surface area contributed by atoms with Crippen molar-refractivity contribution in [2.45, 2.75) is 25.4 Å². The standard InChI is InChI=1S/C39H38N7O2/c1-43-21-23-45(24-22-43)38(47)30-15-16-32-34(25-30)41-36(28-7-3-2-4-8-28)37(40-32)29-13-11-27(12-14-29)26-44-19-17-31(18-20-44)46-35-10-6-5-9-33(35)42-39(46)48/h2-16,25,31H,17-24,26H2,1H3. The molecule has 4 heterocycles. The molecule has 0 aliphatic carbocycles. The summed E-state index contributed by atoms with van der Waals surface area (Å²) in [5.74, 6) is 0.0438. The van der Waals surface area contributed by atoms with E-state index < -0.39 is 0 Å². The highest BCUT2D eigenvalue weighted by molar-refractivity contribution is 6.04. The number of likely N-dealkylation sites (N-methyl/N-ethyl adjacent to an activating group) is 1. The highest BCUT2D eigenvalue weighted by Crippen LogP contribution is 2.36. The number of piperidine rings is 1. The van der Waals surface area contributed by atoms with Gasteiger partial charge in [0.05, 0.1) is 33.8 Å². The van der Waals surface area contributed by atoms with Gasteiger partial charge in [-0.25, -0.2) is 14.8 Å². The molecule has 3 amide bonds. The Bertz CT molecular complexity index is 1960. The Labute approximate surface area is 280 Å². The van der Waals surface area contributed by atoms with Crippen LogP contribution < -0.4 is 10.2 Å². The summed E-state index contributed by atoms with van der Waals surface area (Å²) in [6, 6.07) is 32.3.